The Balaban J connectivity index is 2.38. The van der Waals surface area contributed by atoms with Gasteiger partial charge in [-0.05, 0) is 25.3 Å². The number of para-hydroxylation sites is 1. The number of ether oxygens (including phenoxy) is 1. The molecule has 1 fully saturated rings. The van der Waals surface area contributed by atoms with E-state index >= 15 is 0 Å². The van der Waals surface area contributed by atoms with Crippen molar-refractivity contribution in [3.8, 4) is 5.75 Å². The normalized spacial score (nSPS) is 19.2. The molecule has 0 saturated heterocycles. The molecule has 1 aromatic rings. The van der Waals surface area contributed by atoms with Gasteiger partial charge in [0.05, 0.1) is 7.11 Å². The van der Waals surface area contributed by atoms with Crippen molar-refractivity contribution in [2.24, 2.45) is 5.73 Å². The van der Waals surface area contributed by atoms with E-state index in [0.717, 1.165) is 24.2 Å². The molecule has 1 aromatic carbocycles. The van der Waals surface area contributed by atoms with Crippen molar-refractivity contribution in [2.45, 2.75) is 24.8 Å². The van der Waals surface area contributed by atoms with Gasteiger partial charge in [0, 0.05) is 11.1 Å². The number of nitrogens with two attached hydrogens (primary N) is 1. The molecule has 1 saturated carbocycles. The Morgan fingerprint density at radius 1 is 1.31 bits per heavy atom. The minimum Gasteiger partial charge on any atom is -0.496 e. The highest BCUT2D eigenvalue weighted by Crippen LogP contribution is 2.42. The van der Waals surface area contributed by atoms with Crippen LogP contribution in [0.15, 0.2) is 24.3 Å². The number of hydrogen-bond donors (Lipinski definition) is 1. The SMILES string of the molecule is COc1ccccc1C1(N)CCC1. The van der Waals surface area contributed by atoms with Gasteiger partial charge in [0.2, 0.25) is 0 Å². The predicted molar refractivity (Wildman–Crippen MR) is 52.7 cm³/mol. The molecule has 0 heterocycles. The first-order valence-corrected chi connectivity index (χ1v) is 4.69. The van der Waals surface area contributed by atoms with Gasteiger partial charge in [0.1, 0.15) is 5.75 Å². The van der Waals surface area contributed by atoms with Crippen LogP contribution in [0, 0.1) is 0 Å². The summed E-state index contributed by atoms with van der Waals surface area (Å²) >= 11 is 0. The van der Waals surface area contributed by atoms with Crippen LogP contribution in [0.1, 0.15) is 24.8 Å². The van der Waals surface area contributed by atoms with Gasteiger partial charge >= 0.3 is 0 Å². The van der Waals surface area contributed by atoms with E-state index in [9.17, 15) is 0 Å². The molecule has 2 rings (SSSR count). The quantitative estimate of drug-likeness (QED) is 0.750. The van der Waals surface area contributed by atoms with Crippen LogP contribution in [0.4, 0.5) is 0 Å². The Hall–Kier alpha value is -1.02. The van der Waals surface area contributed by atoms with E-state index in [1.54, 1.807) is 7.11 Å². The van der Waals surface area contributed by atoms with Crippen LogP contribution in [0.25, 0.3) is 0 Å². The molecule has 13 heavy (non-hydrogen) atoms. The lowest BCUT2D eigenvalue weighted by atomic mass is 9.72. The average Bonchev–Trinajstić information content (AvgIpc) is 2.14. The molecule has 0 spiro atoms. The monoisotopic (exact) mass is 177 g/mol. The fourth-order valence-electron chi connectivity index (χ4n) is 1.88. The molecule has 0 bridgehead atoms. The molecule has 2 N–H and O–H groups in total. The summed E-state index contributed by atoms with van der Waals surface area (Å²) in [5.74, 6) is 0.921. The van der Waals surface area contributed by atoms with Crippen LogP contribution in [-0.2, 0) is 5.54 Å². The van der Waals surface area contributed by atoms with Crippen LogP contribution in [0.2, 0.25) is 0 Å². The van der Waals surface area contributed by atoms with Crippen molar-refractivity contribution in [1.82, 2.24) is 0 Å². The van der Waals surface area contributed by atoms with E-state index in [1.165, 1.54) is 6.42 Å². The number of hydrogen-bond acceptors (Lipinski definition) is 2. The molecule has 1 aliphatic rings. The van der Waals surface area contributed by atoms with E-state index in [2.05, 4.69) is 6.07 Å². The second-order valence-corrected chi connectivity index (χ2v) is 3.71. The molecule has 2 heteroatoms. The summed E-state index contributed by atoms with van der Waals surface area (Å²) in [7, 11) is 1.70. The number of methoxy groups -OCH3 is 1. The largest absolute Gasteiger partial charge is 0.496 e. The Labute approximate surface area is 78.7 Å². The lowest BCUT2D eigenvalue weighted by Gasteiger charge is -2.39. The summed E-state index contributed by atoms with van der Waals surface area (Å²) in [5, 5.41) is 0. The van der Waals surface area contributed by atoms with E-state index in [4.69, 9.17) is 10.5 Å². The summed E-state index contributed by atoms with van der Waals surface area (Å²) in [6.45, 7) is 0. The van der Waals surface area contributed by atoms with E-state index in [1.807, 2.05) is 18.2 Å². The van der Waals surface area contributed by atoms with Gasteiger partial charge in [0.15, 0.2) is 0 Å². The van der Waals surface area contributed by atoms with Gasteiger partial charge in [-0.15, -0.1) is 0 Å². The molecule has 70 valence electrons. The highest BCUT2D eigenvalue weighted by Gasteiger charge is 2.36. The summed E-state index contributed by atoms with van der Waals surface area (Å²) in [5.41, 5.74) is 7.26. The highest BCUT2D eigenvalue weighted by atomic mass is 16.5. The fraction of sp³-hybridized carbons (Fsp3) is 0.455. The molecular weight excluding hydrogens is 162 g/mol. The number of benzene rings is 1. The topological polar surface area (TPSA) is 35.2 Å². The second-order valence-electron chi connectivity index (χ2n) is 3.71. The third kappa shape index (κ3) is 1.31. The zero-order valence-electron chi connectivity index (χ0n) is 7.92. The summed E-state index contributed by atoms with van der Waals surface area (Å²) in [6.07, 6.45) is 3.38. The standard InChI is InChI=1S/C11H15NO/c1-13-10-6-3-2-5-9(10)11(12)7-4-8-11/h2-3,5-6H,4,7-8,12H2,1H3. The first-order valence-electron chi connectivity index (χ1n) is 4.69. The van der Waals surface area contributed by atoms with Crippen molar-refractivity contribution >= 4 is 0 Å². The number of rotatable bonds is 2. The van der Waals surface area contributed by atoms with Crippen molar-refractivity contribution in [3.63, 3.8) is 0 Å². The van der Waals surface area contributed by atoms with Gasteiger partial charge < -0.3 is 10.5 Å². The highest BCUT2D eigenvalue weighted by molar-refractivity contribution is 5.40. The molecular formula is C11H15NO. The third-order valence-corrected chi connectivity index (χ3v) is 2.89. The smallest absolute Gasteiger partial charge is 0.123 e. The molecule has 0 unspecified atom stereocenters. The van der Waals surface area contributed by atoms with Crippen LogP contribution in [0.3, 0.4) is 0 Å². The molecule has 1 aliphatic carbocycles. The minimum atomic E-state index is -0.118. The Kier molecular flexibility index (Phi) is 2.00. The van der Waals surface area contributed by atoms with E-state index < -0.39 is 0 Å². The van der Waals surface area contributed by atoms with Crippen LogP contribution in [0.5, 0.6) is 5.75 Å². The van der Waals surface area contributed by atoms with E-state index in [0.29, 0.717) is 0 Å². The van der Waals surface area contributed by atoms with Crippen molar-refractivity contribution in [1.29, 1.82) is 0 Å². The van der Waals surface area contributed by atoms with Crippen molar-refractivity contribution < 1.29 is 4.74 Å². The maximum Gasteiger partial charge on any atom is 0.123 e. The van der Waals surface area contributed by atoms with Gasteiger partial charge in [-0.3, -0.25) is 0 Å². The van der Waals surface area contributed by atoms with E-state index in [-0.39, 0.29) is 5.54 Å². The predicted octanol–water partition coefficient (Wildman–Crippen LogP) is 2.03. The molecule has 2 nitrogen and oxygen atoms in total. The molecule has 0 amide bonds. The fourth-order valence-corrected chi connectivity index (χ4v) is 1.88. The van der Waals surface area contributed by atoms with Crippen molar-refractivity contribution in [3.05, 3.63) is 29.8 Å². The zero-order valence-corrected chi connectivity index (χ0v) is 7.92. The minimum absolute atomic E-state index is 0.118. The molecule has 0 aromatic heterocycles. The molecule has 0 radical (unpaired) electrons. The summed E-state index contributed by atoms with van der Waals surface area (Å²) in [6, 6.07) is 8.04. The van der Waals surface area contributed by atoms with Gasteiger partial charge in [-0.25, -0.2) is 0 Å². The van der Waals surface area contributed by atoms with Gasteiger partial charge in [-0.1, -0.05) is 18.2 Å². The third-order valence-electron chi connectivity index (χ3n) is 2.89. The first kappa shape index (κ1) is 8.57. The van der Waals surface area contributed by atoms with Crippen molar-refractivity contribution in [2.75, 3.05) is 7.11 Å². The summed E-state index contributed by atoms with van der Waals surface area (Å²) < 4.78 is 5.29. The van der Waals surface area contributed by atoms with Gasteiger partial charge in [-0.2, -0.15) is 0 Å². The maximum atomic E-state index is 6.22. The Bertz CT molecular complexity index is 305. The zero-order chi connectivity index (χ0) is 9.31. The molecule has 0 aliphatic heterocycles. The summed E-state index contributed by atoms with van der Waals surface area (Å²) in [4.78, 5) is 0. The lowest BCUT2D eigenvalue weighted by Crippen LogP contribution is -2.43. The lowest BCUT2D eigenvalue weighted by molar-refractivity contribution is 0.244. The Morgan fingerprint density at radius 2 is 2.00 bits per heavy atom. The first-order chi connectivity index (χ1) is 6.26. The Morgan fingerprint density at radius 3 is 2.54 bits per heavy atom. The van der Waals surface area contributed by atoms with Crippen LogP contribution in [-0.4, -0.2) is 7.11 Å². The second kappa shape index (κ2) is 3.04. The van der Waals surface area contributed by atoms with Crippen LogP contribution < -0.4 is 10.5 Å². The molecule has 0 atom stereocenters. The average molecular weight is 177 g/mol. The van der Waals surface area contributed by atoms with Crippen LogP contribution >= 0.6 is 0 Å². The van der Waals surface area contributed by atoms with Gasteiger partial charge in [0.25, 0.3) is 0 Å². The maximum absolute atomic E-state index is 6.22.